The zero-order valence-corrected chi connectivity index (χ0v) is 21.9. The van der Waals surface area contributed by atoms with Crippen LogP contribution in [-0.4, -0.2) is 36.7 Å². The summed E-state index contributed by atoms with van der Waals surface area (Å²) in [6.45, 7) is 7.21. The summed E-state index contributed by atoms with van der Waals surface area (Å²) >= 11 is 1.76. The molecule has 190 valence electrons. The van der Waals surface area contributed by atoms with Gasteiger partial charge in [0.1, 0.15) is 5.75 Å². The Bertz CT molecular complexity index is 1360. The SMILES string of the molecule is CCCC(C)C(=O)n1c(=O)ccc2ccc(OCCCCNCCNc3cccc4sccc34)cc21. The summed E-state index contributed by atoms with van der Waals surface area (Å²) in [7, 11) is 0. The minimum atomic E-state index is -0.292. The second-order valence-electron chi connectivity index (χ2n) is 9.13. The van der Waals surface area contributed by atoms with E-state index in [2.05, 4.69) is 40.3 Å². The van der Waals surface area contributed by atoms with Gasteiger partial charge in [-0.2, -0.15) is 0 Å². The maximum Gasteiger partial charge on any atom is 0.257 e. The molecular formula is C29H35N3O3S. The monoisotopic (exact) mass is 505 g/mol. The summed E-state index contributed by atoms with van der Waals surface area (Å²) in [5.74, 6) is 0.324. The first kappa shape index (κ1) is 25.9. The van der Waals surface area contributed by atoms with E-state index in [0.29, 0.717) is 17.9 Å². The number of fused-ring (bicyclic) bond motifs is 2. The second-order valence-corrected chi connectivity index (χ2v) is 10.1. The molecule has 0 radical (unpaired) electrons. The molecule has 6 nitrogen and oxygen atoms in total. The minimum absolute atomic E-state index is 0.155. The first-order valence-electron chi connectivity index (χ1n) is 12.8. The van der Waals surface area contributed by atoms with E-state index in [1.165, 1.54) is 26.4 Å². The van der Waals surface area contributed by atoms with Gasteiger partial charge in [-0.25, -0.2) is 4.57 Å². The topological polar surface area (TPSA) is 72.4 Å². The number of benzene rings is 2. The van der Waals surface area contributed by atoms with Crippen LogP contribution in [0.1, 0.15) is 44.3 Å². The van der Waals surface area contributed by atoms with Crippen molar-refractivity contribution >= 4 is 43.9 Å². The zero-order chi connectivity index (χ0) is 25.3. The molecule has 2 aromatic heterocycles. The molecule has 1 atom stereocenters. The number of unbranched alkanes of at least 4 members (excludes halogenated alkanes) is 1. The Kier molecular flexibility index (Phi) is 9.14. The number of thiophene rings is 1. The first-order chi connectivity index (χ1) is 17.6. The fourth-order valence-corrected chi connectivity index (χ4v) is 5.22. The van der Waals surface area contributed by atoms with E-state index in [9.17, 15) is 9.59 Å². The number of aromatic nitrogens is 1. The number of hydrogen-bond donors (Lipinski definition) is 2. The van der Waals surface area contributed by atoms with Gasteiger partial charge >= 0.3 is 0 Å². The Morgan fingerprint density at radius 2 is 1.92 bits per heavy atom. The lowest BCUT2D eigenvalue weighted by atomic mass is 10.0. The van der Waals surface area contributed by atoms with Crippen molar-refractivity contribution in [2.45, 2.75) is 39.5 Å². The third-order valence-corrected chi connectivity index (χ3v) is 7.24. The van der Waals surface area contributed by atoms with Crippen LogP contribution in [0.2, 0.25) is 0 Å². The molecule has 0 saturated carbocycles. The smallest absolute Gasteiger partial charge is 0.257 e. The van der Waals surface area contributed by atoms with Crippen molar-refractivity contribution < 1.29 is 9.53 Å². The van der Waals surface area contributed by atoms with Gasteiger partial charge in [0.25, 0.3) is 5.56 Å². The number of carbonyl (C=O) groups is 1. The van der Waals surface area contributed by atoms with Gasteiger partial charge < -0.3 is 15.4 Å². The summed E-state index contributed by atoms with van der Waals surface area (Å²) in [4.78, 5) is 25.4. The molecule has 0 aliphatic carbocycles. The number of anilines is 1. The van der Waals surface area contributed by atoms with Crippen molar-refractivity contribution in [2.75, 3.05) is 31.6 Å². The maximum atomic E-state index is 12.9. The van der Waals surface area contributed by atoms with Crippen molar-refractivity contribution in [1.82, 2.24) is 9.88 Å². The van der Waals surface area contributed by atoms with Crippen molar-refractivity contribution in [3.05, 3.63) is 70.3 Å². The second kappa shape index (κ2) is 12.7. The number of nitrogens with one attached hydrogen (secondary N) is 2. The Morgan fingerprint density at radius 1 is 1.06 bits per heavy atom. The zero-order valence-electron chi connectivity index (χ0n) is 21.1. The molecule has 0 bridgehead atoms. The highest BCUT2D eigenvalue weighted by Crippen LogP contribution is 2.27. The lowest BCUT2D eigenvalue weighted by Crippen LogP contribution is -2.30. The molecule has 0 aliphatic heterocycles. The summed E-state index contributed by atoms with van der Waals surface area (Å²) in [5.41, 5.74) is 1.51. The molecule has 2 aromatic carbocycles. The highest BCUT2D eigenvalue weighted by atomic mass is 32.1. The number of hydrogen-bond acceptors (Lipinski definition) is 6. The number of ether oxygens (including phenoxy) is 1. The molecule has 0 aliphatic rings. The van der Waals surface area contributed by atoms with Gasteiger partial charge in [0.05, 0.1) is 12.1 Å². The van der Waals surface area contributed by atoms with Gasteiger partial charge in [0.15, 0.2) is 0 Å². The minimum Gasteiger partial charge on any atom is -0.494 e. The molecule has 7 heteroatoms. The van der Waals surface area contributed by atoms with Crippen LogP contribution in [0.3, 0.4) is 0 Å². The van der Waals surface area contributed by atoms with Gasteiger partial charge in [-0.05, 0) is 73.0 Å². The predicted octanol–water partition coefficient (Wildman–Crippen LogP) is 6.15. The average Bonchev–Trinajstić information content (AvgIpc) is 3.37. The van der Waals surface area contributed by atoms with Crippen molar-refractivity contribution in [1.29, 1.82) is 0 Å². The van der Waals surface area contributed by atoms with E-state index < -0.39 is 0 Å². The van der Waals surface area contributed by atoms with E-state index in [1.54, 1.807) is 17.4 Å². The molecule has 4 rings (SSSR count). The van der Waals surface area contributed by atoms with Crippen molar-refractivity contribution in [3.63, 3.8) is 0 Å². The molecule has 36 heavy (non-hydrogen) atoms. The standard InChI is InChI=1S/C29H35N3O3S/c1-3-7-21(2)29(34)32-26-20-23(12-10-22(26)11-13-28(32)33)35-18-5-4-15-30-16-17-31-25-8-6-9-27-24(25)14-19-36-27/h6,8-14,19-21,30-31H,3-5,7,15-18H2,1-2H3. The molecule has 4 aromatic rings. The quantitative estimate of drug-likeness (QED) is 0.213. The molecular weight excluding hydrogens is 470 g/mol. The summed E-state index contributed by atoms with van der Waals surface area (Å²) in [5, 5.41) is 11.3. The van der Waals surface area contributed by atoms with Crippen LogP contribution in [0.5, 0.6) is 5.75 Å². The van der Waals surface area contributed by atoms with Gasteiger partial charge in [0, 0.05) is 46.9 Å². The predicted molar refractivity (Wildman–Crippen MR) is 151 cm³/mol. The van der Waals surface area contributed by atoms with E-state index >= 15 is 0 Å². The van der Waals surface area contributed by atoms with Crippen LogP contribution in [0.15, 0.2) is 64.8 Å². The maximum absolute atomic E-state index is 12.9. The third kappa shape index (κ3) is 6.33. The summed E-state index contributed by atoms with van der Waals surface area (Å²) in [6, 6.07) is 17.4. The van der Waals surface area contributed by atoms with Gasteiger partial charge in [0.2, 0.25) is 5.91 Å². The van der Waals surface area contributed by atoms with E-state index in [-0.39, 0.29) is 17.4 Å². The molecule has 0 amide bonds. The third-order valence-electron chi connectivity index (χ3n) is 6.36. The molecule has 0 fully saturated rings. The van der Waals surface area contributed by atoms with E-state index in [1.807, 2.05) is 32.0 Å². The molecule has 0 spiro atoms. The first-order valence-corrected chi connectivity index (χ1v) is 13.7. The van der Waals surface area contributed by atoms with E-state index in [0.717, 1.165) is 50.7 Å². The fraction of sp³-hybridized carbons (Fsp3) is 0.379. The molecule has 2 heterocycles. The fourth-order valence-electron chi connectivity index (χ4n) is 4.41. The largest absolute Gasteiger partial charge is 0.494 e. The molecule has 2 N–H and O–H groups in total. The summed E-state index contributed by atoms with van der Waals surface area (Å²) in [6.07, 6.45) is 3.58. The lowest BCUT2D eigenvalue weighted by Gasteiger charge is -2.15. The van der Waals surface area contributed by atoms with Crippen LogP contribution < -0.4 is 20.9 Å². The number of nitrogens with zero attached hydrogens (tertiary/aromatic N) is 1. The summed E-state index contributed by atoms with van der Waals surface area (Å²) < 4.78 is 8.56. The van der Waals surface area contributed by atoms with Crippen LogP contribution in [0, 0.1) is 5.92 Å². The van der Waals surface area contributed by atoms with Crippen LogP contribution in [-0.2, 0) is 0 Å². The normalized spacial score (nSPS) is 12.2. The molecule has 1 unspecified atom stereocenters. The van der Waals surface area contributed by atoms with Gasteiger partial charge in [-0.1, -0.05) is 26.3 Å². The van der Waals surface area contributed by atoms with Crippen LogP contribution >= 0.6 is 11.3 Å². The highest BCUT2D eigenvalue weighted by Gasteiger charge is 2.18. The van der Waals surface area contributed by atoms with Gasteiger partial charge in [-0.15, -0.1) is 11.3 Å². The number of pyridine rings is 1. The van der Waals surface area contributed by atoms with Gasteiger partial charge in [-0.3, -0.25) is 9.59 Å². The Balaban J connectivity index is 1.21. The number of rotatable bonds is 13. The van der Waals surface area contributed by atoms with Crippen LogP contribution in [0.4, 0.5) is 5.69 Å². The lowest BCUT2D eigenvalue weighted by molar-refractivity contribution is 0.0839. The van der Waals surface area contributed by atoms with E-state index in [4.69, 9.17) is 4.74 Å². The molecule has 0 saturated heterocycles. The Hall–Kier alpha value is -3.16. The Labute approximate surface area is 216 Å². The Morgan fingerprint density at radius 3 is 2.78 bits per heavy atom. The van der Waals surface area contributed by atoms with Crippen molar-refractivity contribution in [3.8, 4) is 5.75 Å². The highest BCUT2D eigenvalue weighted by molar-refractivity contribution is 7.17. The van der Waals surface area contributed by atoms with Crippen molar-refractivity contribution in [2.24, 2.45) is 5.92 Å². The number of carbonyl (C=O) groups excluding carboxylic acids is 1. The van der Waals surface area contributed by atoms with Crippen LogP contribution in [0.25, 0.3) is 21.0 Å². The average molecular weight is 506 g/mol.